The molecule has 120 valence electrons. The van der Waals surface area contributed by atoms with Gasteiger partial charge in [-0.1, -0.05) is 12.1 Å². The van der Waals surface area contributed by atoms with E-state index in [-0.39, 0.29) is 5.91 Å². The molecule has 1 aromatic rings. The van der Waals surface area contributed by atoms with Crippen LogP contribution >= 0.6 is 0 Å². The number of hydrogen-bond acceptors (Lipinski definition) is 2. The largest absolute Gasteiger partial charge is 0.498 e. The summed E-state index contributed by atoms with van der Waals surface area (Å²) >= 11 is 0. The maximum absolute atomic E-state index is 12.5. The van der Waals surface area contributed by atoms with Crippen LogP contribution in [-0.4, -0.2) is 24.0 Å². The van der Waals surface area contributed by atoms with Crippen LogP contribution in [0.1, 0.15) is 30.9 Å². The Morgan fingerprint density at radius 2 is 1.91 bits per heavy atom. The molecule has 0 atom stereocenters. The molecule has 0 saturated carbocycles. The summed E-state index contributed by atoms with van der Waals surface area (Å²) in [5.74, 6) is 0.503. The van der Waals surface area contributed by atoms with Gasteiger partial charge in [-0.2, -0.15) is 13.2 Å². The van der Waals surface area contributed by atoms with E-state index in [1.165, 1.54) is 18.2 Å². The van der Waals surface area contributed by atoms with Crippen LogP contribution in [0, 0.1) is 0 Å². The number of carbonyl (C=O) groups is 1. The molecule has 0 N–H and O–H groups in total. The molecule has 0 radical (unpaired) electrons. The molecule has 1 heterocycles. The molecule has 1 aromatic carbocycles. The first-order chi connectivity index (χ1) is 10.4. The van der Waals surface area contributed by atoms with Crippen molar-refractivity contribution in [3.8, 4) is 0 Å². The van der Waals surface area contributed by atoms with Crippen molar-refractivity contribution in [3.63, 3.8) is 0 Å². The summed E-state index contributed by atoms with van der Waals surface area (Å²) in [5.41, 5.74) is -0.00780. The number of nitrogens with zero attached hydrogens (tertiary/aromatic N) is 1. The molecule has 0 aliphatic carbocycles. The maximum Gasteiger partial charge on any atom is 0.416 e. The highest BCUT2D eigenvalue weighted by atomic mass is 19.4. The second-order valence-corrected chi connectivity index (χ2v) is 5.10. The number of alkyl halides is 3. The molecule has 0 aromatic heterocycles. The molecule has 0 fully saturated rings. The minimum Gasteiger partial charge on any atom is -0.498 e. The first kappa shape index (κ1) is 16.4. The van der Waals surface area contributed by atoms with Gasteiger partial charge in [-0.05, 0) is 31.0 Å². The van der Waals surface area contributed by atoms with Gasteiger partial charge in [0.1, 0.15) is 5.76 Å². The Balaban J connectivity index is 2.05. The Kier molecular flexibility index (Phi) is 5.11. The Labute approximate surface area is 127 Å². The van der Waals surface area contributed by atoms with Crippen LogP contribution in [0.25, 0.3) is 0 Å². The van der Waals surface area contributed by atoms with E-state index in [0.29, 0.717) is 37.4 Å². The lowest BCUT2D eigenvalue weighted by molar-refractivity contribution is -0.137. The maximum atomic E-state index is 12.5. The van der Waals surface area contributed by atoms with Crippen molar-refractivity contribution in [2.24, 2.45) is 0 Å². The highest BCUT2D eigenvalue weighted by molar-refractivity contribution is 5.88. The van der Waals surface area contributed by atoms with Gasteiger partial charge in [0.15, 0.2) is 0 Å². The number of rotatable bonds is 4. The number of ether oxygens (including phenoxy) is 1. The summed E-state index contributed by atoms with van der Waals surface area (Å²) in [4.78, 5) is 13.7. The fourth-order valence-electron chi connectivity index (χ4n) is 2.33. The molecule has 0 bridgehead atoms. The predicted molar refractivity (Wildman–Crippen MR) is 75.8 cm³/mol. The van der Waals surface area contributed by atoms with E-state index in [1.54, 1.807) is 4.90 Å². The molecule has 6 heteroatoms. The van der Waals surface area contributed by atoms with Crippen LogP contribution in [-0.2, 0) is 22.3 Å². The number of hydrogen-bond donors (Lipinski definition) is 0. The molecule has 0 saturated heterocycles. The highest BCUT2D eigenvalue weighted by Gasteiger charge is 2.30. The lowest BCUT2D eigenvalue weighted by Gasteiger charge is -2.19. The quantitative estimate of drug-likeness (QED) is 0.847. The summed E-state index contributed by atoms with van der Waals surface area (Å²) in [6.07, 6.45) is -1.39. The van der Waals surface area contributed by atoms with Crippen LogP contribution < -0.4 is 0 Å². The second-order valence-electron chi connectivity index (χ2n) is 5.10. The van der Waals surface area contributed by atoms with Gasteiger partial charge >= 0.3 is 6.18 Å². The smallest absolute Gasteiger partial charge is 0.416 e. The molecule has 1 aliphatic heterocycles. The summed E-state index contributed by atoms with van der Waals surface area (Å²) in [6.45, 7) is 3.23. The zero-order valence-electron chi connectivity index (χ0n) is 12.3. The van der Waals surface area contributed by atoms with Crippen LogP contribution in [0.3, 0.4) is 0 Å². The van der Waals surface area contributed by atoms with E-state index in [9.17, 15) is 18.0 Å². The van der Waals surface area contributed by atoms with Gasteiger partial charge in [0.2, 0.25) is 5.91 Å². The van der Waals surface area contributed by atoms with Crippen molar-refractivity contribution >= 4 is 5.91 Å². The first-order valence-corrected chi connectivity index (χ1v) is 7.18. The predicted octanol–water partition coefficient (Wildman–Crippen LogP) is 3.75. The minimum atomic E-state index is -4.34. The van der Waals surface area contributed by atoms with Gasteiger partial charge in [-0.15, -0.1) is 0 Å². The second kappa shape index (κ2) is 6.85. The normalized spacial score (nSPS) is 16.3. The van der Waals surface area contributed by atoms with Gasteiger partial charge in [-0.3, -0.25) is 4.79 Å². The third-order valence-corrected chi connectivity index (χ3v) is 3.43. The molecule has 0 unspecified atom stereocenters. The van der Waals surface area contributed by atoms with Crippen molar-refractivity contribution in [2.45, 2.75) is 32.5 Å². The molecule has 1 aliphatic rings. The monoisotopic (exact) mass is 313 g/mol. The summed E-state index contributed by atoms with van der Waals surface area (Å²) in [5, 5.41) is 0. The van der Waals surface area contributed by atoms with Crippen LogP contribution in [0.5, 0.6) is 0 Å². The van der Waals surface area contributed by atoms with Crippen molar-refractivity contribution in [2.75, 3.05) is 13.2 Å². The molecule has 0 spiro atoms. The number of halogens is 3. The lowest BCUT2D eigenvalue weighted by atomic mass is 10.1. The van der Waals surface area contributed by atoms with E-state index >= 15 is 0 Å². The molecular formula is C16H18F3NO2. The zero-order chi connectivity index (χ0) is 16.2. The third kappa shape index (κ3) is 4.26. The summed E-state index contributed by atoms with van der Waals surface area (Å²) in [7, 11) is 0. The zero-order valence-corrected chi connectivity index (χ0v) is 12.3. The van der Waals surface area contributed by atoms with E-state index in [0.717, 1.165) is 18.6 Å². The Morgan fingerprint density at radius 1 is 1.23 bits per heavy atom. The number of amides is 1. The summed E-state index contributed by atoms with van der Waals surface area (Å²) < 4.78 is 42.9. The molecular weight excluding hydrogens is 295 g/mol. The van der Waals surface area contributed by atoms with Crippen molar-refractivity contribution < 1.29 is 22.7 Å². The molecule has 1 amide bonds. The van der Waals surface area contributed by atoms with Gasteiger partial charge in [0.05, 0.1) is 12.2 Å². The van der Waals surface area contributed by atoms with Gasteiger partial charge in [0.25, 0.3) is 0 Å². The third-order valence-electron chi connectivity index (χ3n) is 3.43. The standard InChI is InChI=1S/C16H18F3NO2/c1-2-22-14-4-3-9-20(15(21)10-14)11-12-5-7-13(8-6-12)16(17,18)19/h5-8,10H,2-4,9,11H2,1H3. The van der Waals surface area contributed by atoms with E-state index in [2.05, 4.69) is 0 Å². The molecule has 22 heavy (non-hydrogen) atoms. The first-order valence-electron chi connectivity index (χ1n) is 7.18. The Bertz CT molecular complexity index is 550. The molecule has 3 nitrogen and oxygen atoms in total. The van der Waals surface area contributed by atoms with Crippen molar-refractivity contribution in [1.29, 1.82) is 0 Å². The topological polar surface area (TPSA) is 29.5 Å². The van der Waals surface area contributed by atoms with Gasteiger partial charge < -0.3 is 9.64 Å². The number of allylic oxidation sites excluding steroid dienone is 1. The van der Waals surface area contributed by atoms with Crippen molar-refractivity contribution in [1.82, 2.24) is 4.90 Å². The average Bonchev–Trinajstić information content (AvgIpc) is 2.61. The Morgan fingerprint density at radius 3 is 2.50 bits per heavy atom. The van der Waals surface area contributed by atoms with Crippen LogP contribution in [0.15, 0.2) is 36.1 Å². The minimum absolute atomic E-state index is 0.166. The van der Waals surface area contributed by atoms with E-state index in [4.69, 9.17) is 4.74 Å². The average molecular weight is 313 g/mol. The lowest BCUT2D eigenvalue weighted by Crippen LogP contribution is -2.29. The van der Waals surface area contributed by atoms with E-state index in [1.807, 2.05) is 6.92 Å². The fraction of sp³-hybridized carbons (Fsp3) is 0.438. The Hall–Kier alpha value is -1.98. The SMILES string of the molecule is CCOC1=CC(=O)N(Cc2ccc(C(F)(F)F)cc2)CCC1. The van der Waals surface area contributed by atoms with Crippen molar-refractivity contribution in [3.05, 3.63) is 47.2 Å². The van der Waals surface area contributed by atoms with Crippen LogP contribution in [0.2, 0.25) is 0 Å². The van der Waals surface area contributed by atoms with Gasteiger partial charge in [-0.25, -0.2) is 0 Å². The molecule has 2 rings (SSSR count). The van der Waals surface area contributed by atoms with Gasteiger partial charge in [0, 0.05) is 25.6 Å². The van der Waals surface area contributed by atoms with E-state index < -0.39 is 11.7 Å². The van der Waals surface area contributed by atoms with Crippen LogP contribution in [0.4, 0.5) is 13.2 Å². The fourth-order valence-corrected chi connectivity index (χ4v) is 2.33. The number of benzene rings is 1. The summed E-state index contributed by atoms with van der Waals surface area (Å²) in [6, 6.07) is 4.90. The highest BCUT2D eigenvalue weighted by Crippen LogP contribution is 2.29. The number of carbonyl (C=O) groups excluding carboxylic acids is 1.